The Kier molecular flexibility index (Phi) is 4.65. The van der Waals surface area contributed by atoms with Gasteiger partial charge in [-0.1, -0.05) is 30.9 Å². The normalized spacial score (nSPS) is 17.5. The largest absolute Gasteiger partial charge is 0.481 e. The molecule has 110 valence electrons. The third-order valence-electron chi connectivity index (χ3n) is 3.76. The minimum Gasteiger partial charge on any atom is -0.481 e. The van der Waals surface area contributed by atoms with Crippen LogP contribution in [-0.4, -0.2) is 34.7 Å². The number of ether oxygens (including phenoxy) is 1. The van der Waals surface area contributed by atoms with Crippen molar-refractivity contribution in [2.24, 2.45) is 5.41 Å². The van der Waals surface area contributed by atoms with Crippen molar-refractivity contribution in [2.45, 2.75) is 32.1 Å². The Morgan fingerprint density at radius 1 is 1.50 bits per heavy atom. The zero-order valence-corrected chi connectivity index (χ0v) is 12.1. The lowest BCUT2D eigenvalue weighted by Crippen LogP contribution is -2.39. The van der Waals surface area contributed by atoms with Crippen LogP contribution in [0.25, 0.3) is 0 Å². The van der Waals surface area contributed by atoms with E-state index in [2.05, 4.69) is 15.3 Å². The molecule has 7 heteroatoms. The van der Waals surface area contributed by atoms with Crippen LogP contribution in [0.5, 0.6) is 6.01 Å². The second-order valence-electron chi connectivity index (χ2n) is 5.05. The lowest BCUT2D eigenvalue weighted by Gasteiger charge is -2.33. The summed E-state index contributed by atoms with van der Waals surface area (Å²) in [6, 6.07) is 0.199. The molecule has 0 spiro atoms. The van der Waals surface area contributed by atoms with Crippen molar-refractivity contribution in [3.05, 3.63) is 11.2 Å². The van der Waals surface area contributed by atoms with Gasteiger partial charge in [-0.3, -0.25) is 4.79 Å². The molecular formula is C13H18ClN3O3. The van der Waals surface area contributed by atoms with Gasteiger partial charge >= 0.3 is 12.0 Å². The molecule has 2 rings (SSSR count). The van der Waals surface area contributed by atoms with Crippen LogP contribution < -0.4 is 10.1 Å². The van der Waals surface area contributed by atoms with E-state index in [0.717, 1.165) is 19.3 Å². The van der Waals surface area contributed by atoms with E-state index in [1.54, 1.807) is 0 Å². The molecule has 0 atom stereocenters. The van der Waals surface area contributed by atoms with E-state index in [1.165, 1.54) is 13.3 Å². The molecule has 1 aliphatic carbocycles. The third-order valence-corrected chi connectivity index (χ3v) is 4.04. The molecule has 1 heterocycles. The summed E-state index contributed by atoms with van der Waals surface area (Å²) in [5, 5.41) is 12.9. The highest BCUT2D eigenvalue weighted by atomic mass is 35.5. The van der Waals surface area contributed by atoms with Gasteiger partial charge in [0.05, 0.1) is 18.7 Å². The van der Waals surface area contributed by atoms with E-state index in [1.807, 2.05) is 0 Å². The predicted octanol–water partition coefficient (Wildman–Crippen LogP) is 2.59. The molecule has 1 aliphatic rings. The topological polar surface area (TPSA) is 84.3 Å². The first-order valence-electron chi connectivity index (χ1n) is 6.61. The molecular weight excluding hydrogens is 282 g/mol. The number of rotatable bonds is 5. The number of nitrogens with one attached hydrogen (secondary N) is 1. The highest BCUT2D eigenvalue weighted by Crippen LogP contribution is 2.37. The van der Waals surface area contributed by atoms with Crippen molar-refractivity contribution in [3.63, 3.8) is 0 Å². The Morgan fingerprint density at radius 2 is 2.20 bits per heavy atom. The molecule has 0 amide bonds. The first kappa shape index (κ1) is 14.8. The van der Waals surface area contributed by atoms with Gasteiger partial charge in [-0.15, -0.1) is 0 Å². The summed E-state index contributed by atoms with van der Waals surface area (Å²) >= 11 is 6.01. The Bertz CT molecular complexity index is 490. The number of aromatic nitrogens is 2. The van der Waals surface area contributed by atoms with Gasteiger partial charge in [0, 0.05) is 6.54 Å². The SMILES string of the molecule is COc1ncc(Cl)c(NCC2(C(=O)O)CCCCC2)n1. The fraction of sp³-hybridized carbons (Fsp3) is 0.615. The second-order valence-corrected chi connectivity index (χ2v) is 5.46. The van der Waals surface area contributed by atoms with Crippen LogP contribution in [0.1, 0.15) is 32.1 Å². The molecule has 1 fully saturated rings. The first-order chi connectivity index (χ1) is 9.57. The monoisotopic (exact) mass is 299 g/mol. The summed E-state index contributed by atoms with van der Waals surface area (Å²) < 4.78 is 4.94. The van der Waals surface area contributed by atoms with Gasteiger partial charge in [0.25, 0.3) is 0 Å². The lowest BCUT2D eigenvalue weighted by atomic mass is 9.74. The van der Waals surface area contributed by atoms with E-state index in [0.29, 0.717) is 30.2 Å². The van der Waals surface area contributed by atoms with E-state index in [9.17, 15) is 9.90 Å². The van der Waals surface area contributed by atoms with Crippen molar-refractivity contribution < 1.29 is 14.6 Å². The van der Waals surface area contributed by atoms with E-state index >= 15 is 0 Å². The average molecular weight is 300 g/mol. The molecule has 0 radical (unpaired) electrons. The number of hydrogen-bond acceptors (Lipinski definition) is 5. The number of carboxylic acids is 1. The number of anilines is 1. The van der Waals surface area contributed by atoms with Crippen LogP contribution in [0.15, 0.2) is 6.20 Å². The van der Waals surface area contributed by atoms with Crippen LogP contribution >= 0.6 is 11.6 Å². The van der Waals surface area contributed by atoms with Crippen molar-refractivity contribution >= 4 is 23.4 Å². The smallest absolute Gasteiger partial charge is 0.318 e. The van der Waals surface area contributed by atoms with Crippen molar-refractivity contribution in [2.75, 3.05) is 19.0 Å². The van der Waals surface area contributed by atoms with Crippen LogP contribution in [0.3, 0.4) is 0 Å². The minimum atomic E-state index is -0.762. The summed E-state index contributed by atoms with van der Waals surface area (Å²) in [6.07, 6.45) is 5.76. The fourth-order valence-corrected chi connectivity index (χ4v) is 2.68. The van der Waals surface area contributed by atoms with Crippen molar-refractivity contribution in [3.8, 4) is 6.01 Å². The van der Waals surface area contributed by atoms with Crippen molar-refractivity contribution in [1.82, 2.24) is 9.97 Å². The maximum Gasteiger partial charge on any atom is 0.318 e. The van der Waals surface area contributed by atoms with Gasteiger partial charge in [-0.2, -0.15) is 4.98 Å². The quantitative estimate of drug-likeness (QED) is 0.869. The molecule has 20 heavy (non-hydrogen) atoms. The molecule has 2 N–H and O–H groups in total. The number of halogens is 1. The zero-order valence-electron chi connectivity index (χ0n) is 11.4. The molecule has 0 aliphatic heterocycles. The van der Waals surface area contributed by atoms with Crippen LogP contribution in [-0.2, 0) is 4.79 Å². The molecule has 1 aromatic rings. The highest BCUT2D eigenvalue weighted by molar-refractivity contribution is 6.32. The molecule has 0 unspecified atom stereocenters. The Hall–Kier alpha value is -1.56. The molecule has 1 aromatic heterocycles. The lowest BCUT2D eigenvalue weighted by molar-refractivity contribution is -0.150. The Balaban J connectivity index is 2.11. The molecule has 1 saturated carbocycles. The summed E-state index contributed by atoms with van der Waals surface area (Å²) in [5.41, 5.74) is -0.736. The van der Waals surface area contributed by atoms with Gasteiger partial charge in [0.2, 0.25) is 0 Å². The zero-order chi connectivity index (χ0) is 14.6. The predicted molar refractivity (Wildman–Crippen MR) is 75.2 cm³/mol. The number of methoxy groups -OCH3 is 1. The number of aliphatic carboxylic acids is 1. The number of hydrogen-bond donors (Lipinski definition) is 2. The fourth-order valence-electron chi connectivity index (χ4n) is 2.52. The Morgan fingerprint density at radius 3 is 2.80 bits per heavy atom. The third kappa shape index (κ3) is 3.12. The minimum absolute atomic E-state index is 0.199. The van der Waals surface area contributed by atoms with E-state index in [-0.39, 0.29) is 6.01 Å². The van der Waals surface area contributed by atoms with Gasteiger partial charge in [-0.05, 0) is 12.8 Å². The first-order valence-corrected chi connectivity index (χ1v) is 6.99. The molecule has 6 nitrogen and oxygen atoms in total. The van der Waals surface area contributed by atoms with Crippen LogP contribution in [0, 0.1) is 5.41 Å². The highest BCUT2D eigenvalue weighted by Gasteiger charge is 2.39. The second kappa shape index (κ2) is 6.26. The molecule has 0 saturated heterocycles. The Labute approximate surface area is 122 Å². The van der Waals surface area contributed by atoms with E-state index in [4.69, 9.17) is 16.3 Å². The summed E-state index contributed by atoms with van der Waals surface area (Å²) in [4.78, 5) is 19.6. The van der Waals surface area contributed by atoms with Crippen molar-refractivity contribution in [1.29, 1.82) is 0 Å². The summed E-state index contributed by atoms with van der Waals surface area (Å²) in [7, 11) is 1.47. The maximum absolute atomic E-state index is 11.6. The maximum atomic E-state index is 11.6. The molecule has 0 bridgehead atoms. The van der Waals surface area contributed by atoms with Gasteiger partial charge in [0.15, 0.2) is 5.82 Å². The van der Waals surface area contributed by atoms with Crippen LogP contribution in [0.4, 0.5) is 5.82 Å². The average Bonchev–Trinajstić information content (AvgIpc) is 2.47. The molecule has 0 aromatic carbocycles. The van der Waals surface area contributed by atoms with Crippen LogP contribution in [0.2, 0.25) is 5.02 Å². The standard InChI is InChI=1S/C13H18ClN3O3/c1-20-12-15-7-9(14)10(17-12)16-8-13(11(18)19)5-3-2-4-6-13/h7H,2-6,8H2,1H3,(H,18,19)(H,15,16,17). The van der Waals surface area contributed by atoms with E-state index < -0.39 is 11.4 Å². The van der Waals surface area contributed by atoms with Gasteiger partial charge in [0.1, 0.15) is 5.02 Å². The number of carbonyl (C=O) groups is 1. The van der Waals surface area contributed by atoms with Gasteiger partial charge in [-0.25, -0.2) is 4.98 Å². The van der Waals surface area contributed by atoms with Gasteiger partial charge < -0.3 is 15.2 Å². The summed E-state index contributed by atoms with van der Waals surface area (Å²) in [6.45, 7) is 0.308. The summed E-state index contributed by atoms with van der Waals surface area (Å²) in [5.74, 6) is -0.355. The number of nitrogens with zero attached hydrogens (tertiary/aromatic N) is 2. The number of carboxylic acid groups (broad SMARTS) is 1.